The predicted molar refractivity (Wildman–Crippen MR) is 58.8 cm³/mol. The van der Waals surface area contributed by atoms with Crippen molar-refractivity contribution >= 4 is 17.3 Å². The SMILES string of the molecule is COC(C)C(C)Nc1cncc(Cl)c1. The summed E-state index contributed by atoms with van der Waals surface area (Å²) in [5.41, 5.74) is 0.911. The molecule has 2 unspecified atom stereocenters. The number of nitrogens with zero attached hydrogens (tertiary/aromatic N) is 1. The highest BCUT2D eigenvalue weighted by Gasteiger charge is 2.10. The van der Waals surface area contributed by atoms with Gasteiger partial charge in [0.1, 0.15) is 0 Å². The first-order chi connectivity index (χ1) is 6.63. The van der Waals surface area contributed by atoms with E-state index in [0.29, 0.717) is 5.02 Å². The van der Waals surface area contributed by atoms with Gasteiger partial charge in [0.25, 0.3) is 0 Å². The molecule has 78 valence electrons. The lowest BCUT2D eigenvalue weighted by molar-refractivity contribution is 0.106. The highest BCUT2D eigenvalue weighted by molar-refractivity contribution is 6.30. The fourth-order valence-corrected chi connectivity index (χ4v) is 1.25. The molecule has 1 aromatic heterocycles. The molecule has 0 saturated carbocycles. The van der Waals surface area contributed by atoms with Gasteiger partial charge in [0.15, 0.2) is 0 Å². The summed E-state index contributed by atoms with van der Waals surface area (Å²) in [4.78, 5) is 3.99. The number of rotatable bonds is 4. The monoisotopic (exact) mass is 214 g/mol. The second-order valence-electron chi connectivity index (χ2n) is 3.27. The molecule has 1 aromatic rings. The molecule has 0 radical (unpaired) electrons. The van der Waals surface area contributed by atoms with E-state index in [1.807, 2.05) is 13.0 Å². The number of pyridine rings is 1. The predicted octanol–water partition coefficient (Wildman–Crippen LogP) is 2.57. The van der Waals surface area contributed by atoms with Gasteiger partial charge in [-0.15, -0.1) is 0 Å². The number of ether oxygens (including phenoxy) is 1. The summed E-state index contributed by atoms with van der Waals surface area (Å²) in [6, 6.07) is 2.06. The number of nitrogens with one attached hydrogen (secondary N) is 1. The van der Waals surface area contributed by atoms with Crippen LogP contribution < -0.4 is 5.32 Å². The smallest absolute Gasteiger partial charge is 0.0741 e. The zero-order chi connectivity index (χ0) is 10.6. The Morgan fingerprint density at radius 3 is 2.71 bits per heavy atom. The Labute approximate surface area is 89.4 Å². The molecule has 1 heterocycles. The van der Waals surface area contributed by atoms with Crippen LogP contribution in [0, 0.1) is 0 Å². The minimum absolute atomic E-state index is 0.147. The zero-order valence-electron chi connectivity index (χ0n) is 8.62. The van der Waals surface area contributed by atoms with Crippen molar-refractivity contribution in [3.63, 3.8) is 0 Å². The molecule has 3 nitrogen and oxygen atoms in total. The number of aromatic nitrogens is 1. The zero-order valence-corrected chi connectivity index (χ0v) is 9.38. The van der Waals surface area contributed by atoms with Gasteiger partial charge in [-0.2, -0.15) is 0 Å². The van der Waals surface area contributed by atoms with Gasteiger partial charge in [-0.25, -0.2) is 0 Å². The Morgan fingerprint density at radius 1 is 1.43 bits per heavy atom. The minimum atomic E-state index is 0.147. The van der Waals surface area contributed by atoms with E-state index in [2.05, 4.69) is 17.2 Å². The Kier molecular flexibility index (Phi) is 4.17. The fraction of sp³-hybridized carbons (Fsp3) is 0.500. The number of halogens is 1. The van der Waals surface area contributed by atoms with E-state index in [1.54, 1.807) is 19.5 Å². The van der Waals surface area contributed by atoms with Crippen LogP contribution in [0.2, 0.25) is 5.02 Å². The molecule has 1 rings (SSSR count). The van der Waals surface area contributed by atoms with Gasteiger partial charge in [-0.05, 0) is 19.9 Å². The molecule has 0 aliphatic heterocycles. The molecule has 1 N–H and O–H groups in total. The van der Waals surface area contributed by atoms with Crippen LogP contribution in [0.4, 0.5) is 5.69 Å². The third-order valence-electron chi connectivity index (χ3n) is 2.18. The number of hydrogen-bond acceptors (Lipinski definition) is 3. The van der Waals surface area contributed by atoms with Crippen LogP contribution in [0.5, 0.6) is 0 Å². The molecule has 0 aromatic carbocycles. The van der Waals surface area contributed by atoms with Gasteiger partial charge in [-0.3, -0.25) is 4.98 Å². The first-order valence-electron chi connectivity index (χ1n) is 4.53. The second kappa shape index (κ2) is 5.17. The molecular formula is C10H15ClN2O. The van der Waals surface area contributed by atoms with E-state index < -0.39 is 0 Å². The van der Waals surface area contributed by atoms with Crippen LogP contribution in [-0.2, 0) is 4.74 Å². The summed E-state index contributed by atoms with van der Waals surface area (Å²) >= 11 is 5.81. The summed E-state index contributed by atoms with van der Waals surface area (Å²) in [5, 5.41) is 3.89. The molecule has 4 heteroatoms. The molecule has 0 aliphatic rings. The van der Waals surface area contributed by atoms with E-state index in [1.165, 1.54) is 0 Å². The first-order valence-corrected chi connectivity index (χ1v) is 4.91. The summed E-state index contributed by atoms with van der Waals surface area (Å²) in [6.07, 6.45) is 3.50. The Bertz CT molecular complexity index is 293. The maximum Gasteiger partial charge on any atom is 0.0741 e. The van der Waals surface area contributed by atoms with Gasteiger partial charge < -0.3 is 10.1 Å². The van der Waals surface area contributed by atoms with E-state index in [4.69, 9.17) is 16.3 Å². The molecule has 14 heavy (non-hydrogen) atoms. The molecule has 0 fully saturated rings. The van der Waals surface area contributed by atoms with Crippen LogP contribution in [0.25, 0.3) is 0 Å². The third-order valence-corrected chi connectivity index (χ3v) is 2.38. The topological polar surface area (TPSA) is 34.1 Å². The van der Waals surface area contributed by atoms with Crippen LogP contribution in [0.1, 0.15) is 13.8 Å². The quantitative estimate of drug-likeness (QED) is 0.837. The van der Waals surface area contributed by atoms with E-state index in [9.17, 15) is 0 Å². The van der Waals surface area contributed by atoms with Crippen LogP contribution >= 0.6 is 11.6 Å². The van der Waals surface area contributed by atoms with Crippen LogP contribution in [0.15, 0.2) is 18.5 Å². The van der Waals surface area contributed by atoms with E-state index in [0.717, 1.165) is 5.69 Å². The lowest BCUT2D eigenvalue weighted by Crippen LogP contribution is -2.29. The summed E-state index contributed by atoms with van der Waals surface area (Å²) in [7, 11) is 1.69. The van der Waals surface area contributed by atoms with Crippen LogP contribution in [0.3, 0.4) is 0 Å². The highest BCUT2D eigenvalue weighted by atomic mass is 35.5. The van der Waals surface area contributed by atoms with Crippen molar-refractivity contribution in [2.24, 2.45) is 0 Å². The van der Waals surface area contributed by atoms with Gasteiger partial charge in [0.2, 0.25) is 0 Å². The molecular weight excluding hydrogens is 200 g/mol. The molecule has 0 amide bonds. The Balaban J connectivity index is 2.60. The van der Waals surface area contributed by atoms with Gasteiger partial charge in [-0.1, -0.05) is 11.6 Å². The van der Waals surface area contributed by atoms with Crippen molar-refractivity contribution in [1.82, 2.24) is 4.98 Å². The summed E-state index contributed by atoms with van der Waals surface area (Å²) in [6.45, 7) is 4.06. The van der Waals surface area contributed by atoms with Crippen LogP contribution in [-0.4, -0.2) is 24.2 Å². The lowest BCUT2D eigenvalue weighted by Gasteiger charge is -2.20. The first kappa shape index (κ1) is 11.3. The van der Waals surface area contributed by atoms with Gasteiger partial charge in [0, 0.05) is 19.3 Å². The molecule has 0 spiro atoms. The van der Waals surface area contributed by atoms with Crippen molar-refractivity contribution in [3.8, 4) is 0 Å². The lowest BCUT2D eigenvalue weighted by atomic mass is 10.2. The highest BCUT2D eigenvalue weighted by Crippen LogP contribution is 2.14. The number of methoxy groups -OCH3 is 1. The van der Waals surface area contributed by atoms with Crippen molar-refractivity contribution in [2.45, 2.75) is 26.0 Å². The standard InChI is InChI=1S/C10H15ClN2O/c1-7(8(2)14-3)13-10-4-9(11)5-12-6-10/h4-8,13H,1-3H3. The second-order valence-corrected chi connectivity index (χ2v) is 3.70. The number of hydrogen-bond donors (Lipinski definition) is 1. The summed E-state index contributed by atoms with van der Waals surface area (Å²) < 4.78 is 5.20. The third kappa shape index (κ3) is 3.16. The molecule has 0 aliphatic carbocycles. The van der Waals surface area contributed by atoms with E-state index >= 15 is 0 Å². The number of anilines is 1. The maximum atomic E-state index is 5.81. The van der Waals surface area contributed by atoms with Gasteiger partial charge >= 0.3 is 0 Å². The molecule has 0 bridgehead atoms. The molecule has 2 atom stereocenters. The normalized spacial score (nSPS) is 14.9. The largest absolute Gasteiger partial charge is 0.380 e. The molecule has 0 saturated heterocycles. The average Bonchev–Trinajstić information content (AvgIpc) is 2.16. The van der Waals surface area contributed by atoms with Crippen molar-refractivity contribution in [2.75, 3.05) is 12.4 Å². The fourth-order valence-electron chi connectivity index (χ4n) is 1.08. The Hall–Kier alpha value is -0.800. The average molecular weight is 215 g/mol. The van der Waals surface area contributed by atoms with Crippen molar-refractivity contribution in [3.05, 3.63) is 23.5 Å². The van der Waals surface area contributed by atoms with E-state index in [-0.39, 0.29) is 12.1 Å². The maximum absolute atomic E-state index is 5.81. The Morgan fingerprint density at radius 2 is 2.14 bits per heavy atom. The minimum Gasteiger partial charge on any atom is -0.380 e. The summed E-state index contributed by atoms with van der Waals surface area (Å²) in [5.74, 6) is 0. The van der Waals surface area contributed by atoms with Crippen molar-refractivity contribution in [1.29, 1.82) is 0 Å². The van der Waals surface area contributed by atoms with Crippen molar-refractivity contribution < 1.29 is 4.74 Å². The van der Waals surface area contributed by atoms with Gasteiger partial charge in [0.05, 0.1) is 23.0 Å².